The number of ether oxygens (including phenoxy) is 3. The van der Waals surface area contributed by atoms with Crippen LogP contribution in [0.15, 0.2) is 42.5 Å². The highest BCUT2D eigenvalue weighted by atomic mass is 35.5. The molecule has 0 spiro atoms. The van der Waals surface area contributed by atoms with Crippen molar-refractivity contribution in [3.8, 4) is 11.5 Å². The maximum atomic E-state index is 11.9. The van der Waals surface area contributed by atoms with E-state index in [2.05, 4.69) is 0 Å². The number of hydrogen-bond donors (Lipinski definition) is 0. The zero-order chi connectivity index (χ0) is 18.5. The van der Waals surface area contributed by atoms with Gasteiger partial charge in [0.1, 0.15) is 19.8 Å². The SMILES string of the molecule is O=C(/C=C/c1cccc([N+](=O)[O-])c1)OCc1cc(Cl)c2c(c1)OCCO2. The molecule has 8 heteroatoms. The number of hydrogen-bond acceptors (Lipinski definition) is 6. The molecule has 0 amide bonds. The van der Waals surface area contributed by atoms with Gasteiger partial charge in [-0.05, 0) is 29.3 Å². The molecular formula is C18H14ClNO6. The topological polar surface area (TPSA) is 87.9 Å². The fourth-order valence-electron chi connectivity index (χ4n) is 2.36. The summed E-state index contributed by atoms with van der Waals surface area (Å²) in [6, 6.07) is 9.29. The van der Waals surface area contributed by atoms with Crippen LogP contribution in [-0.2, 0) is 16.1 Å². The third kappa shape index (κ3) is 4.31. The van der Waals surface area contributed by atoms with Crippen LogP contribution in [-0.4, -0.2) is 24.1 Å². The molecule has 0 aliphatic carbocycles. The van der Waals surface area contributed by atoms with E-state index in [0.717, 1.165) is 0 Å². The molecule has 0 aromatic heterocycles. The highest BCUT2D eigenvalue weighted by Gasteiger charge is 2.17. The first-order chi connectivity index (χ1) is 12.5. The summed E-state index contributed by atoms with van der Waals surface area (Å²) in [7, 11) is 0. The van der Waals surface area contributed by atoms with Crippen molar-refractivity contribution in [3.05, 3.63) is 68.7 Å². The number of carbonyl (C=O) groups excluding carboxylic acids is 1. The van der Waals surface area contributed by atoms with Crippen molar-refractivity contribution in [1.29, 1.82) is 0 Å². The van der Waals surface area contributed by atoms with Gasteiger partial charge in [0, 0.05) is 18.2 Å². The molecule has 0 saturated carbocycles. The Morgan fingerprint density at radius 1 is 1.27 bits per heavy atom. The molecule has 1 heterocycles. The minimum Gasteiger partial charge on any atom is -0.486 e. The van der Waals surface area contributed by atoms with Crippen LogP contribution in [0.2, 0.25) is 5.02 Å². The van der Waals surface area contributed by atoms with E-state index < -0.39 is 10.9 Å². The Hall–Kier alpha value is -3.06. The van der Waals surface area contributed by atoms with Crippen LogP contribution in [0.25, 0.3) is 6.08 Å². The van der Waals surface area contributed by atoms with Gasteiger partial charge in [0.25, 0.3) is 5.69 Å². The number of nitro groups is 1. The lowest BCUT2D eigenvalue weighted by atomic mass is 10.2. The van der Waals surface area contributed by atoms with Gasteiger partial charge in [0.15, 0.2) is 11.5 Å². The Kier molecular flexibility index (Phi) is 5.38. The quantitative estimate of drug-likeness (QED) is 0.342. The first kappa shape index (κ1) is 17.8. The highest BCUT2D eigenvalue weighted by molar-refractivity contribution is 6.32. The third-order valence-corrected chi connectivity index (χ3v) is 3.81. The maximum Gasteiger partial charge on any atom is 0.331 e. The van der Waals surface area contributed by atoms with Crippen molar-refractivity contribution in [2.24, 2.45) is 0 Å². The largest absolute Gasteiger partial charge is 0.486 e. The van der Waals surface area contributed by atoms with Crippen molar-refractivity contribution >= 4 is 29.3 Å². The van der Waals surface area contributed by atoms with Gasteiger partial charge < -0.3 is 14.2 Å². The smallest absolute Gasteiger partial charge is 0.331 e. The van der Waals surface area contributed by atoms with E-state index in [1.807, 2.05) is 0 Å². The number of benzene rings is 2. The molecule has 0 saturated heterocycles. The zero-order valence-corrected chi connectivity index (χ0v) is 14.3. The molecule has 2 aromatic carbocycles. The standard InChI is InChI=1S/C18H14ClNO6/c19-15-9-13(10-16-18(15)25-7-6-24-16)11-26-17(21)5-4-12-2-1-3-14(8-12)20(22)23/h1-5,8-10H,6-7,11H2/b5-4+. The van der Waals surface area contributed by atoms with E-state index in [9.17, 15) is 14.9 Å². The lowest BCUT2D eigenvalue weighted by Crippen LogP contribution is -2.16. The van der Waals surface area contributed by atoms with Crippen LogP contribution in [0.4, 0.5) is 5.69 Å². The first-order valence-electron chi connectivity index (χ1n) is 7.70. The fraction of sp³-hybridized carbons (Fsp3) is 0.167. The lowest BCUT2D eigenvalue weighted by Gasteiger charge is -2.20. The van der Waals surface area contributed by atoms with Gasteiger partial charge >= 0.3 is 5.97 Å². The Balaban J connectivity index is 1.61. The van der Waals surface area contributed by atoms with Gasteiger partial charge in [-0.2, -0.15) is 0 Å². The number of carbonyl (C=O) groups is 1. The van der Waals surface area contributed by atoms with Gasteiger partial charge in [-0.15, -0.1) is 0 Å². The fourth-order valence-corrected chi connectivity index (χ4v) is 2.64. The summed E-state index contributed by atoms with van der Waals surface area (Å²) in [6.07, 6.45) is 2.66. The number of nitrogens with zero attached hydrogens (tertiary/aromatic N) is 1. The normalized spacial score (nSPS) is 12.8. The van der Waals surface area contributed by atoms with E-state index >= 15 is 0 Å². The van der Waals surface area contributed by atoms with Crippen LogP contribution < -0.4 is 9.47 Å². The van der Waals surface area contributed by atoms with Gasteiger partial charge in [0.05, 0.1) is 9.95 Å². The van der Waals surface area contributed by atoms with E-state index in [1.165, 1.54) is 24.3 Å². The van der Waals surface area contributed by atoms with E-state index in [4.69, 9.17) is 25.8 Å². The monoisotopic (exact) mass is 375 g/mol. The molecule has 0 bridgehead atoms. The summed E-state index contributed by atoms with van der Waals surface area (Å²) in [5, 5.41) is 11.1. The average molecular weight is 376 g/mol. The summed E-state index contributed by atoms with van der Waals surface area (Å²) in [6.45, 7) is 0.872. The molecule has 1 aliphatic heterocycles. The van der Waals surface area contributed by atoms with E-state index in [0.29, 0.717) is 40.9 Å². The first-order valence-corrected chi connectivity index (χ1v) is 8.08. The number of nitro benzene ring substituents is 1. The van der Waals surface area contributed by atoms with Crippen molar-refractivity contribution in [1.82, 2.24) is 0 Å². The Labute approximate surface area is 153 Å². The maximum absolute atomic E-state index is 11.9. The molecule has 26 heavy (non-hydrogen) atoms. The summed E-state index contributed by atoms with van der Waals surface area (Å²) < 4.78 is 16.1. The number of fused-ring (bicyclic) bond motifs is 1. The molecule has 3 rings (SSSR count). The summed E-state index contributed by atoms with van der Waals surface area (Å²) in [4.78, 5) is 22.1. The number of non-ortho nitro benzene ring substituents is 1. The molecule has 2 aromatic rings. The van der Waals surface area contributed by atoms with Crippen LogP contribution >= 0.6 is 11.6 Å². The Bertz CT molecular complexity index is 880. The predicted molar refractivity (Wildman–Crippen MR) is 94.4 cm³/mol. The van der Waals surface area contributed by atoms with Gasteiger partial charge in [-0.3, -0.25) is 10.1 Å². The lowest BCUT2D eigenvalue weighted by molar-refractivity contribution is -0.384. The Morgan fingerprint density at radius 3 is 2.88 bits per heavy atom. The molecule has 0 unspecified atom stereocenters. The van der Waals surface area contributed by atoms with Crippen molar-refractivity contribution < 1.29 is 23.9 Å². The molecule has 0 N–H and O–H groups in total. The molecular weight excluding hydrogens is 362 g/mol. The molecule has 0 radical (unpaired) electrons. The van der Waals surface area contributed by atoms with Crippen molar-refractivity contribution in [3.63, 3.8) is 0 Å². The highest BCUT2D eigenvalue weighted by Crippen LogP contribution is 2.38. The summed E-state index contributed by atoms with van der Waals surface area (Å²) in [5.74, 6) is 0.419. The molecule has 0 fully saturated rings. The second kappa shape index (κ2) is 7.88. The van der Waals surface area contributed by atoms with Crippen molar-refractivity contribution in [2.45, 2.75) is 6.61 Å². The van der Waals surface area contributed by atoms with Gasteiger partial charge in [-0.1, -0.05) is 23.7 Å². The third-order valence-electron chi connectivity index (χ3n) is 3.53. The summed E-state index contributed by atoms with van der Waals surface area (Å²) >= 11 is 6.13. The predicted octanol–water partition coefficient (Wildman–Crippen LogP) is 3.78. The second-order valence-electron chi connectivity index (χ2n) is 5.39. The summed E-state index contributed by atoms with van der Waals surface area (Å²) in [5.41, 5.74) is 1.14. The average Bonchev–Trinajstić information content (AvgIpc) is 2.65. The molecule has 134 valence electrons. The zero-order valence-electron chi connectivity index (χ0n) is 13.5. The molecule has 1 aliphatic rings. The number of esters is 1. The minimum absolute atomic E-state index is 0.00840. The molecule has 7 nitrogen and oxygen atoms in total. The molecule has 0 atom stereocenters. The van der Waals surface area contributed by atoms with Crippen molar-refractivity contribution in [2.75, 3.05) is 13.2 Å². The second-order valence-corrected chi connectivity index (χ2v) is 5.80. The van der Waals surface area contributed by atoms with Crippen LogP contribution in [0.5, 0.6) is 11.5 Å². The van der Waals surface area contributed by atoms with Gasteiger partial charge in [-0.25, -0.2) is 4.79 Å². The van der Waals surface area contributed by atoms with E-state index in [1.54, 1.807) is 24.3 Å². The van der Waals surface area contributed by atoms with Crippen LogP contribution in [0.1, 0.15) is 11.1 Å². The van der Waals surface area contributed by atoms with Gasteiger partial charge in [0.2, 0.25) is 0 Å². The minimum atomic E-state index is -0.581. The number of halogens is 1. The Morgan fingerprint density at radius 2 is 2.08 bits per heavy atom. The van der Waals surface area contributed by atoms with Crippen LogP contribution in [0, 0.1) is 10.1 Å². The number of rotatable bonds is 5. The van der Waals surface area contributed by atoms with E-state index in [-0.39, 0.29) is 12.3 Å². The van der Waals surface area contributed by atoms with Crippen LogP contribution in [0.3, 0.4) is 0 Å².